The summed E-state index contributed by atoms with van der Waals surface area (Å²) >= 11 is 6.08. The number of hydrogen-bond donors (Lipinski definition) is 2. The highest BCUT2D eigenvalue weighted by atomic mass is 35.5. The second kappa shape index (κ2) is 11.3. The van der Waals surface area contributed by atoms with Gasteiger partial charge in [0.15, 0.2) is 0 Å². The van der Waals surface area contributed by atoms with Crippen LogP contribution >= 0.6 is 11.6 Å². The number of aliphatic hydroxyl groups excluding tert-OH is 1. The Morgan fingerprint density at radius 3 is 2.60 bits per heavy atom. The Balaban J connectivity index is 1.61. The number of nitrogens with zero attached hydrogens (tertiary/aromatic N) is 2. The summed E-state index contributed by atoms with van der Waals surface area (Å²) in [6.45, 7) is 3.50. The minimum atomic E-state index is -1.46. The highest BCUT2D eigenvalue weighted by Gasteiger charge is 2.72. The number of carbonyl (C=O) groups is 4. The normalized spacial score (nSPS) is 34.0. The molecule has 4 aliphatic rings. The van der Waals surface area contributed by atoms with Gasteiger partial charge in [-0.1, -0.05) is 42.8 Å². The number of esters is 1. The molecule has 0 aromatic heterocycles. The van der Waals surface area contributed by atoms with Crippen LogP contribution in [0.2, 0.25) is 5.02 Å². The Morgan fingerprint density at radius 2 is 1.90 bits per heavy atom. The second-order valence-electron chi connectivity index (χ2n) is 10.7. The fourth-order valence-corrected chi connectivity index (χ4v) is 6.39. The molecule has 2 N–H and O–H groups in total. The molecule has 10 nitrogen and oxygen atoms in total. The predicted octanol–water partition coefficient (Wildman–Crippen LogP) is 1.99. The molecule has 1 spiro atoms. The van der Waals surface area contributed by atoms with Gasteiger partial charge in [-0.3, -0.25) is 19.2 Å². The van der Waals surface area contributed by atoms with Crippen molar-refractivity contribution in [3.05, 3.63) is 53.6 Å². The number of amides is 3. The van der Waals surface area contributed by atoms with Gasteiger partial charge in [-0.25, -0.2) is 0 Å². The number of benzene rings is 1. The number of carbonyl (C=O) groups excluding carboxylic acids is 4. The van der Waals surface area contributed by atoms with Crippen molar-refractivity contribution in [2.45, 2.75) is 63.0 Å². The third-order valence-electron chi connectivity index (χ3n) is 8.19. The minimum Gasteiger partial charge on any atom is -0.460 e. The summed E-state index contributed by atoms with van der Waals surface area (Å²) in [5, 5.41) is 13.5. The van der Waals surface area contributed by atoms with Gasteiger partial charge in [0, 0.05) is 23.7 Å². The number of fused-ring (bicyclic) bond motifs is 2. The largest absolute Gasteiger partial charge is 0.460 e. The van der Waals surface area contributed by atoms with Gasteiger partial charge in [-0.15, -0.1) is 0 Å². The van der Waals surface area contributed by atoms with Crippen LogP contribution in [0.1, 0.15) is 33.1 Å². The van der Waals surface area contributed by atoms with Crippen molar-refractivity contribution < 1.29 is 33.8 Å². The summed E-state index contributed by atoms with van der Waals surface area (Å²) < 4.78 is 12.3. The van der Waals surface area contributed by atoms with Crippen LogP contribution in [0.25, 0.3) is 0 Å². The Morgan fingerprint density at radius 1 is 1.15 bits per heavy atom. The lowest BCUT2D eigenvalue weighted by Gasteiger charge is -2.38. The SMILES string of the molecule is CC[C@@H](CO)N1C(=O)[C@@H]2[C@H]3C(=O)O[C@H](C)CNC(=O)CC/C=C\[C@H]3O[C@@]23C=CCN(c2ccc(Cl)cc2)C(=O)[C@@H]13. The smallest absolute Gasteiger partial charge is 0.313 e. The van der Waals surface area contributed by atoms with Gasteiger partial charge in [-0.2, -0.15) is 0 Å². The summed E-state index contributed by atoms with van der Waals surface area (Å²) in [5.74, 6) is -3.68. The molecule has 0 unspecified atom stereocenters. The van der Waals surface area contributed by atoms with E-state index in [1.165, 1.54) is 4.90 Å². The highest BCUT2D eigenvalue weighted by molar-refractivity contribution is 6.30. The van der Waals surface area contributed by atoms with Gasteiger partial charge in [-0.05, 0) is 44.0 Å². The van der Waals surface area contributed by atoms with Crippen LogP contribution in [0, 0.1) is 11.8 Å². The van der Waals surface area contributed by atoms with Crippen LogP contribution < -0.4 is 10.2 Å². The average molecular weight is 572 g/mol. The van der Waals surface area contributed by atoms with E-state index < -0.39 is 53.6 Å². The van der Waals surface area contributed by atoms with Crippen LogP contribution in [0.15, 0.2) is 48.6 Å². The quantitative estimate of drug-likeness (QED) is 0.418. The third-order valence-corrected chi connectivity index (χ3v) is 8.44. The number of aliphatic hydroxyl groups is 1. The Bertz CT molecular complexity index is 1230. The van der Waals surface area contributed by atoms with Crippen molar-refractivity contribution in [2.75, 3.05) is 24.6 Å². The molecule has 3 amide bonds. The molecule has 40 heavy (non-hydrogen) atoms. The number of allylic oxidation sites excluding steroid dienone is 1. The zero-order valence-electron chi connectivity index (χ0n) is 22.5. The summed E-state index contributed by atoms with van der Waals surface area (Å²) in [5.41, 5.74) is -0.868. The van der Waals surface area contributed by atoms with Crippen LogP contribution in [-0.2, 0) is 28.7 Å². The van der Waals surface area contributed by atoms with Crippen LogP contribution in [0.3, 0.4) is 0 Å². The monoisotopic (exact) mass is 571 g/mol. The molecule has 4 heterocycles. The molecule has 1 aromatic carbocycles. The van der Waals surface area contributed by atoms with Crippen molar-refractivity contribution >= 4 is 41.0 Å². The van der Waals surface area contributed by atoms with Gasteiger partial charge in [0.1, 0.15) is 23.7 Å². The number of hydrogen-bond acceptors (Lipinski definition) is 7. The summed E-state index contributed by atoms with van der Waals surface area (Å²) in [6, 6.07) is 5.05. The fraction of sp³-hybridized carbons (Fsp3) is 0.517. The maximum Gasteiger partial charge on any atom is 0.313 e. The molecule has 5 rings (SSSR count). The van der Waals surface area contributed by atoms with Crippen molar-refractivity contribution in [2.24, 2.45) is 11.8 Å². The number of cyclic esters (lactones) is 1. The highest BCUT2D eigenvalue weighted by Crippen LogP contribution is 2.54. The molecule has 214 valence electrons. The molecule has 2 saturated heterocycles. The lowest BCUT2D eigenvalue weighted by Crippen LogP contribution is -2.58. The van der Waals surface area contributed by atoms with E-state index in [0.717, 1.165) is 0 Å². The first-order valence-corrected chi connectivity index (χ1v) is 14.1. The van der Waals surface area contributed by atoms with E-state index in [1.807, 2.05) is 6.92 Å². The van der Waals surface area contributed by atoms with E-state index in [9.17, 15) is 24.3 Å². The molecule has 2 fully saturated rings. The maximum atomic E-state index is 14.4. The first-order valence-electron chi connectivity index (χ1n) is 13.7. The van der Waals surface area contributed by atoms with E-state index in [4.69, 9.17) is 21.1 Å². The number of likely N-dealkylation sites (tertiary alicyclic amines) is 1. The second-order valence-corrected chi connectivity index (χ2v) is 11.1. The number of rotatable bonds is 4. The van der Waals surface area contributed by atoms with Crippen molar-refractivity contribution in [1.29, 1.82) is 0 Å². The first-order chi connectivity index (χ1) is 19.2. The minimum absolute atomic E-state index is 0.141. The van der Waals surface area contributed by atoms with Crippen molar-refractivity contribution in [3.8, 4) is 0 Å². The Labute approximate surface area is 237 Å². The maximum absolute atomic E-state index is 14.4. The van der Waals surface area contributed by atoms with Gasteiger partial charge in [0.05, 0.1) is 31.2 Å². The molecule has 11 heteroatoms. The Kier molecular flexibility index (Phi) is 8.03. The zero-order chi connectivity index (χ0) is 28.6. The van der Waals surface area contributed by atoms with E-state index in [2.05, 4.69) is 5.32 Å². The number of halogens is 1. The Hall–Kier alpha value is -3.21. The lowest BCUT2D eigenvalue weighted by atomic mass is 9.78. The molecular formula is C29H34ClN3O7. The number of nitrogens with one attached hydrogen (secondary N) is 1. The van der Waals surface area contributed by atoms with E-state index >= 15 is 0 Å². The molecule has 0 bridgehead atoms. The summed E-state index contributed by atoms with van der Waals surface area (Å²) in [7, 11) is 0. The number of ether oxygens (including phenoxy) is 2. The van der Waals surface area contributed by atoms with E-state index in [0.29, 0.717) is 23.6 Å². The first kappa shape index (κ1) is 28.3. The molecule has 0 saturated carbocycles. The van der Waals surface area contributed by atoms with Crippen molar-refractivity contribution in [3.63, 3.8) is 0 Å². The van der Waals surface area contributed by atoms with E-state index in [1.54, 1.807) is 60.4 Å². The zero-order valence-corrected chi connectivity index (χ0v) is 23.3. The number of anilines is 1. The lowest BCUT2D eigenvalue weighted by molar-refractivity contribution is -0.159. The fourth-order valence-electron chi connectivity index (χ4n) is 6.26. The molecular weight excluding hydrogens is 538 g/mol. The molecule has 1 aromatic rings. The van der Waals surface area contributed by atoms with E-state index in [-0.39, 0.29) is 37.9 Å². The molecule has 0 radical (unpaired) electrons. The van der Waals surface area contributed by atoms with Gasteiger partial charge >= 0.3 is 5.97 Å². The van der Waals surface area contributed by atoms with Gasteiger partial charge in [0.2, 0.25) is 11.8 Å². The predicted molar refractivity (Wildman–Crippen MR) is 146 cm³/mol. The summed E-state index contributed by atoms with van der Waals surface area (Å²) in [6.07, 6.45) is 6.55. The molecule has 0 aliphatic carbocycles. The van der Waals surface area contributed by atoms with Crippen molar-refractivity contribution in [1.82, 2.24) is 10.2 Å². The molecule has 7 atom stereocenters. The standard InChI is InChI=1S/C29H34ClN3O7/c1-3-19(16-34)33-25-27(37)32(20-11-9-18(30)10-12-20)14-6-13-29(25)24(26(33)36)23-21(40-29)7-4-5-8-22(35)31-15-17(2)39-28(23)38/h4,6-7,9-13,17,19,21,23-25,34H,3,5,8,14-16H2,1-2H3,(H,31,35)/b7-4-/t17-,19+,21-,23+,24+,25-,29+/m1/s1. The molecule has 4 aliphatic heterocycles. The summed E-state index contributed by atoms with van der Waals surface area (Å²) in [4.78, 5) is 57.4. The van der Waals surface area contributed by atoms with Crippen LogP contribution in [0.4, 0.5) is 5.69 Å². The van der Waals surface area contributed by atoms with Crippen LogP contribution in [-0.4, -0.2) is 83.3 Å². The van der Waals surface area contributed by atoms with Crippen LogP contribution in [0.5, 0.6) is 0 Å². The van der Waals surface area contributed by atoms with Gasteiger partial charge in [0.25, 0.3) is 5.91 Å². The third kappa shape index (κ3) is 4.82. The topological polar surface area (TPSA) is 125 Å². The average Bonchev–Trinajstić information content (AvgIpc) is 3.32. The van der Waals surface area contributed by atoms with Gasteiger partial charge < -0.3 is 29.7 Å².